The molecule has 0 aliphatic heterocycles. The summed E-state index contributed by atoms with van der Waals surface area (Å²) in [4.78, 5) is 0. The van der Waals surface area contributed by atoms with Crippen molar-refractivity contribution >= 4 is 6.21 Å². The number of benzene rings is 2. The standard InChI is InChI=1S/C19H24N2O3/c1-14(2)24-17-7-5-6-15(10-17)12-20-21-13-16-8-9-18(22-3)19(11-16)23-4/h5-12,14,21H,13H2,1-4H3/b20-12-. The second-order valence-electron chi connectivity index (χ2n) is 5.52. The van der Waals surface area contributed by atoms with Gasteiger partial charge in [0.2, 0.25) is 0 Å². The third kappa shape index (κ3) is 5.19. The van der Waals surface area contributed by atoms with Crippen molar-refractivity contribution in [3.63, 3.8) is 0 Å². The summed E-state index contributed by atoms with van der Waals surface area (Å²) in [5.41, 5.74) is 5.07. The Kier molecular flexibility index (Phi) is 6.49. The van der Waals surface area contributed by atoms with E-state index >= 15 is 0 Å². The average Bonchev–Trinajstić information content (AvgIpc) is 2.58. The van der Waals surface area contributed by atoms with Crippen LogP contribution in [-0.4, -0.2) is 26.5 Å². The van der Waals surface area contributed by atoms with E-state index in [0.717, 1.165) is 16.9 Å². The first-order chi connectivity index (χ1) is 11.6. The predicted molar refractivity (Wildman–Crippen MR) is 96.2 cm³/mol. The highest BCUT2D eigenvalue weighted by Gasteiger charge is 2.03. The fourth-order valence-corrected chi connectivity index (χ4v) is 2.19. The molecule has 0 amide bonds. The number of hydrogen-bond donors (Lipinski definition) is 1. The second kappa shape index (κ2) is 8.82. The summed E-state index contributed by atoms with van der Waals surface area (Å²) >= 11 is 0. The van der Waals surface area contributed by atoms with E-state index in [9.17, 15) is 0 Å². The minimum atomic E-state index is 0.153. The van der Waals surface area contributed by atoms with Crippen molar-refractivity contribution in [2.24, 2.45) is 5.10 Å². The first-order valence-corrected chi connectivity index (χ1v) is 7.86. The molecule has 0 aromatic heterocycles. The van der Waals surface area contributed by atoms with Gasteiger partial charge in [0.05, 0.1) is 33.1 Å². The number of rotatable bonds is 8. The largest absolute Gasteiger partial charge is 0.493 e. The van der Waals surface area contributed by atoms with Crippen molar-refractivity contribution in [2.75, 3.05) is 14.2 Å². The van der Waals surface area contributed by atoms with E-state index in [1.165, 1.54) is 0 Å². The molecule has 5 heteroatoms. The molecular weight excluding hydrogens is 304 g/mol. The summed E-state index contributed by atoms with van der Waals surface area (Å²) < 4.78 is 16.2. The van der Waals surface area contributed by atoms with Gasteiger partial charge in [-0.15, -0.1) is 0 Å². The monoisotopic (exact) mass is 328 g/mol. The molecule has 0 radical (unpaired) electrons. The van der Waals surface area contributed by atoms with Crippen LogP contribution < -0.4 is 19.6 Å². The number of nitrogens with zero attached hydrogens (tertiary/aromatic N) is 1. The molecule has 2 rings (SSSR count). The first kappa shape index (κ1) is 17.7. The zero-order valence-electron chi connectivity index (χ0n) is 14.6. The zero-order valence-corrected chi connectivity index (χ0v) is 14.6. The third-order valence-corrected chi connectivity index (χ3v) is 3.27. The van der Waals surface area contributed by atoms with Gasteiger partial charge in [-0.05, 0) is 49.2 Å². The predicted octanol–water partition coefficient (Wildman–Crippen LogP) is 3.61. The van der Waals surface area contributed by atoms with Crippen LogP contribution in [0.25, 0.3) is 0 Å². The summed E-state index contributed by atoms with van der Waals surface area (Å²) in [6.45, 7) is 4.61. The smallest absolute Gasteiger partial charge is 0.161 e. The van der Waals surface area contributed by atoms with Crippen LogP contribution in [0.1, 0.15) is 25.0 Å². The van der Waals surface area contributed by atoms with Crippen molar-refractivity contribution in [3.05, 3.63) is 53.6 Å². The number of methoxy groups -OCH3 is 2. The molecule has 5 nitrogen and oxygen atoms in total. The van der Waals surface area contributed by atoms with Crippen LogP contribution in [-0.2, 0) is 6.54 Å². The van der Waals surface area contributed by atoms with Gasteiger partial charge in [-0.1, -0.05) is 18.2 Å². The first-order valence-electron chi connectivity index (χ1n) is 7.86. The number of nitrogens with one attached hydrogen (secondary N) is 1. The quantitative estimate of drug-likeness (QED) is 0.594. The van der Waals surface area contributed by atoms with Crippen molar-refractivity contribution in [2.45, 2.75) is 26.5 Å². The van der Waals surface area contributed by atoms with Gasteiger partial charge < -0.3 is 19.6 Å². The molecule has 0 aliphatic rings. The van der Waals surface area contributed by atoms with Crippen LogP contribution in [0.15, 0.2) is 47.6 Å². The molecule has 2 aromatic rings. The molecule has 0 bridgehead atoms. The van der Waals surface area contributed by atoms with E-state index in [1.807, 2.05) is 56.3 Å². The van der Waals surface area contributed by atoms with E-state index in [1.54, 1.807) is 20.4 Å². The number of hydrogen-bond acceptors (Lipinski definition) is 5. The Hall–Kier alpha value is -2.69. The fraction of sp³-hybridized carbons (Fsp3) is 0.316. The molecule has 0 atom stereocenters. The molecule has 0 fully saturated rings. The minimum absolute atomic E-state index is 0.153. The Morgan fingerprint density at radius 1 is 1.04 bits per heavy atom. The summed E-state index contributed by atoms with van der Waals surface area (Å²) in [7, 11) is 3.25. The Labute approximate surface area is 143 Å². The van der Waals surface area contributed by atoms with Gasteiger partial charge >= 0.3 is 0 Å². The molecule has 0 saturated carbocycles. The Morgan fingerprint density at radius 2 is 1.83 bits per heavy atom. The molecule has 2 aromatic carbocycles. The van der Waals surface area contributed by atoms with Gasteiger partial charge in [0.15, 0.2) is 11.5 Å². The summed E-state index contributed by atoms with van der Waals surface area (Å²) in [6, 6.07) is 13.6. The van der Waals surface area contributed by atoms with Gasteiger partial charge in [0, 0.05) is 0 Å². The zero-order chi connectivity index (χ0) is 17.4. The van der Waals surface area contributed by atoms with Gasteiger partial charge in [0.1, 0.15) is 5.75 Å². The van der Waals surface area contributed by atoms with Gasteiger partial charge in [-0.3, -0.25) is 0 Å². The maximum Gasteiger partial charge on any atom is 0.161 e. The SMILES string of the molecule is COc1ccc(CN/N=C\c2cccc(OC(C)C)c2)cc1OC. The molecule has 0 spiro atoms. The van der Waals surface area contributed by atoms with Gasteiger partial charge in [-0.2, -0.15) is 5.10 Å². The van der Waals surface area contributed by atoms with E-state index in [0.29, 0.717) is 18.0 Å². The highest BCUT2D eigenvalue weighted by atomic mass is 16.5. The van der Waals surface area contributed by atoms with Crippen LogP contribution in [0.5, 0.6) is 17.2 Å². The molecule has 0 unspecified atom stereocenters. The maximum atomic E-state index is 5.67. The highest BCUT2D eigenvalue weighted by Crippen LogP contribution is 2.27. The third-order valence-electron chi connectivity index (χ3n) is 3.27. The lowest BCUT2D eigenvalue weighted by Crippen LogP contribution is -2.07. The lowest BCUT2D eigenvalue weighted by Gasteiger charge is -2.10. The van der Waals surface area contributed by atoms with Crippen molar-refractivity contribution in [1.29, 1.82) is 0 Å². The van der Waals surface area contributed by atoms with Crippen molar-refractivity contribution < 1.29 is 14.2 Å². The topological polar surface area (TPSA) is 52.1 Å². The van der Waals surface area contributed by atoms with E-state index in [-0.39, 0.29) is 6.10 Å². The summed E-state index contributed by atoms with van der Waals surface area (Å²) in [5.74, 6) is 2.26. The van der Waals surface area contributed by atoms with Crippen molar-refractivity contribution in [3.8, 4) is 17.2 Å². The Balaban J connectivity index is 1.93. The molecule has 24 heavy (non-hydrogen) atoms. The van der Waals surface area contributed by atoms with E-state index in [2.05, 4.69) is 10.5 Å². The molecule has 0 saturated heterocycles. The van der Waals surface area contributed by atoms with Crippen LogP contribution in [0, 0.1) is 0 Å². The van der Waals surface area contributed by atoms with E-state index < -0.39 is 0 Å². The van der Waals surface area contributed by atoms with Gasteiger partial charge in [0.25, 0.3) is 0 Å². The highest BCUT2D eigenvalue weighted by molar-refractivity contribution is 5.79. The maximum absolute atomic E-state index is 5.67. The van der Waals surface area contributed by atoms with Crippen LogP contribution in [0.3, 0.4) is 0 Å². The second-order valence-corrected chi connectivity index (χ2v) is 5.52. The molecular formula is C19H24N2O3. The van der Waals surface area contributed by atoms with Crippen LogP contribution in [0.4, 0.5) is 0 Å². The lowest BCUT2D eigenvalue weighted by molar-refractivity contribution is 0.242. The summed E-state index contributed by atoms with van der Waals surface area (Å²) in [6.07, 6.45) is 1.92. The molecule has 0 aliphatic carbocycles. The lowest BCUT2D eigenvalue weighted by atomic mass is 10.2. The average molecular weight is 328 g/mol. The Bertz CT molecular complexity index is 684. The number of ether oxygens (including phenoxy) is 3. The van der Waals surface area contributed by atoms with E-state index in [4.69, 9.17) is 14.2 Å². The van der Waals surface area contributed by atoms with Crippen molar-refractivity contribution in [1.82, 2.24) is 5.43 Å². The van der Waals surface area contributed by atoms with Gasteiger partial charge in [-0.25, -0.2) is 0 Å². The number of hydrazone groups is 1. The minimum Gasteiger partial charge on any atom is -0.493 e. The Morgan fingerprint density at radius 3 is 2.54 bits per heavy atom. The summed E-state index contributed by atoms with van der Waals surface area (Å²) in [5, 5.41) is 4.25. The fourth-order valence-electron chi connectivity index (χ4n) is 2.19. The molecule has 0 heterocycles. The molecule has 1 N–H and O–H groups in total. The van der Waals surface area contributed by atoms with Crippen LogP contribution in [0.2, 0.25) is 0 Å². The molecule has 128 valence electrons. The van der Waals surface area contributed by atoms with Crippen LogP contribution >= 0.6 is 0 Å². The normalized spacial score (nSPS) is 10.9.